The average molecular weight is 839 g/mol. The lowest BCUT2D eigenvalue weighted by molar-refractivity contribution is 0.483. The first kappa shape index (κ1) is 40.3. The van der Waals surface area contributed by atoms with Crippen molar-refractivity contribution in [3.8, 4) is 11.5 Å². The molecule has 0 unspecified atom stereocenters. The van der Waals surface area contributed by atoms with Crippen molar-refractivity contribution in [2.24, 2.45) is 0 Å². The highest BCUT2D eigenvalue weighted by atomic mass is 16.5. The lowest BCUT2D eigenvalue weighted by Crippen LogP contribution is -2.13. The fourth-order valence-corrected chi connectivity index (χ4v) is 8.22. The second-order valence-corrected chi connectivity index (χ2v) is 15.5. The average Bonchev–Trinajstić information content (AvgIpc) is 3.38. The molecule has 65 heavy (non-hydrogen) atoms. The van der Waals surface area contributed by atoms with Gasteiger partial charge in [-0.3, -0.25) is 0 Å². The van der Waals surface area contributed by atoms with E-state index in [4.69, 9.17) is 4.74 Å². The summed E-state index contributed by atoms with van der Waals surface area (Å²) in [6, 6.07) is 97.0. The van der Waals surface area contributed by atoms with E-state index >= 15 is 0 Å². The summed E-state index contributed by atoms with van der Waals surface area (Å²) >= 11 is 0. The van der Waals surface area contributed by atoms with Crippen LogP contribution in [0.4, 0.5) is 68.2 Å². The van der Waals surface area contributed by atoms with Crippen LogP contribution in [0.5, 0.6) is 11.5 Å². The standard InChI is InChI=1S/C60H46N4O/c1-7-19-47(20-8-1)61(48-21-9-2-10-22-48)53-31-35-55(36-32-53)64(56-37-33-54(34-38-56)62(49-23-11-3-12-24-49)50-25-13-4-14-26-50)58-41-45-60(46-42-58)65-59-43-39-57(40-44-59)63(51-27-15-5-16-28-51)52-29-17-6-18-30-52/h1-46H. The van der Waals surface area contributed by atoms with Gasteiger partial charge in [-0.2, -0.15) is 0 Å². The number of nitrogens with zero attached hydrogens (tertiary/aromatic N) is 4. The number of anilines is 12. The van der Waals surface area contributed by atoms with Gasteiger partial charge >= 0.3 is 0 Å². The van der Waals surface area contributed by atoms with Crippen molar-refractivity contribution >= 4 is 68.2 Å². The molecule has 312 valence electrons. The first-order valence-electron chi connectivity index (χ1n) is 21.8. The van der Waals surface area contributed by atoms with E-state index in [9.17, 15) is 0 Å². The molecule has 0 fully saturated rings. The lowest BCUT2D eigenvalue weighted by Gasteiger charge is -2.29. The van der Waals surface area contributed by atoms with E-state index in [0.717, 1.165) is 79.7 Å². The Kier molecular flexibility index (Phi) is 11.8. The van der Waals surface area contributed by atoms with E-state index in [0.29, 0.717) is 0 Å². The van der Waals surface area contributed by atoms with Crippen LogP contribution >= 0.6 is 0 Å². The summed E-state index contributed by atoms with van der Waals surface area (Å²) in [5, 5.41) is 0. The smallest absolute Gasteiger partial charge is 0.127 e. The minimum Gasteiger partial charge on any atom is -0.457 e. The molecule has 0 aliphatic heterocycles. The van der Waals surface area contributed by atoms with Gasteiger partial charge in [0.15, 0.2) is 0 Å². The van der Waals surface area contributed by atoms with Gasteiger partial charge in [-0.25, -0.2) is 0 Å². The Bertz CT molecular complexity index is 2760. The summed E-state index contributed by atoms with van der Waals surface area (Å²) in [7, 11) is 0. The minimum atomic E-state index is 0.748. The highest BCUT2D eigenvalue weighted by Crippen LogP contribution is 2.42. The first-order valence-corrected chi connectivity index (χ1v) is 21.8. The summed E-state index contributed by atoms with van der Waals surface area (Å²) in [5.41, 5.74) is 12.8. The molecule has 10 aromatic rings. The van der Waals surface area contributed by atoms with Crippen LogP contribution in [0.15, 0.2) is 279 Å². The van der Waals surface area contributed by atoms with Crippen molar-refractivity contribution in [1.29, 1.82) is 0 Å². The molecule has 0 aromatic heterocycles. The van der Waals surface area contributed by atoms with Gasteiger partial charge in [-0.15, -0.1) is 0 Å². The predicted molar refractivity (Wildman–Crippen MR) is 272 cm³/mol. The normalized spacial score (nSPS) is 10.8. The van der Waals surface area contributed by atoms with Gasteiger partial charge in [-0.1, -0.05) is 109 Å². The number of hydrogen-bond donors (Lipinski definition) is 0. The van der Waals surface area contributed by atoms with Gasteiger partial charge in [0.25, 0.3) is 0 Å². The first-order chi connectivity index (χ1) is 32.2. The van der Waals surface area contributed by atoms with E-state index in [1.807, 2.05) is 36.4 Å². The van der Waals surface area contributed by atoms with Gasteiger partial charge in [0.1, 0.15) is 11.5 Å². The Morgan fingerprint density at radius 3 is 0.462 bits per heavy atom. The quantitative estimate of drug-likeness (QED) is 0.108. The molecule has 0 aliphatic rings. The fraction of sp³-hybridized carbons (Fsp3) is 0. The molecule has 0 atom stereocenters. The lowest BCUT2D eigenvalue weighted by atomic mass is 10.1. The van der Waals surface area contributed by atoms with Crippen LogP contribution in [0.25, 0.3) is 0 Å². The molecule has 0 bridgehead atoms. The van der Waals surface area contributed by atoms with Gasteiger partial charge in [0, 0.05) is 68.2 Å². The van der Waals surface area contributed by atoms with Crippen LogP contribution in [-0.4, -0.2) is 0 Å². The molecule has 5 heteroatoms. The van der Waals surface area contributed by atoms with Gasteiger partial charge in [-0.05, 0) is 170 Å². The third kappa shape index (κ3) is 9.08. The molecular formula is C60H46N4O. The van der Waals surface area contributed by atoms with Crippen molar-refractivity contribution in [3.63, 3.8) is 0 Å². The molecule has 0 N–H and O–H groups in total. The van der Waals surface area contributed by atoms with Gasteiger partial charge < -0.3 is 24.3 Å². The third-order valence-electron chi connectivity index (χ3n) is 11.2. The Hall–Kier alpha value is -8.80. The van der Waals surface area contributed by atoms with Crippen molar-refractivity contribution in [3.05, 3.63) is 279 Å². The molecule has 10 aromatic carbocycles. The molecule has 5 nitrogen and oxygen atoms in total. The Morgan fingerprint density at radius 2 is 0.292 bits per heavy atom. The van der Waals surface area contributed by atoms with Crippen LogP contribution in [0.2, 0.25) is 0 Å². The minimum absolute atomic E-state index is 0.748. The Labute approximate surface area is 381 Å². The number of rotatable bonds is 14. The molecule has 10 rings (SSSR count). The fourth-order valence-electron chi connectivity index (χ4n) is 8.22. The molecule has 0 spiro atoms. The zero-order valence-electron chi connectivity index (χ0n) is 35.8. The van der Waals surface area contributed by atoms with Crippen LogP contribution < -0.4 is 24.3 Å². The predicted octanol–water partition coefficient (Wildman–Crippen LogP) is 17.4. The van der Waals surface area contributed by atoms with Crippen molar-refractivity contribution in [2.75, 3.05) is 19.6 Å². The van der Waals surface area contributed by atoms with E-state index in [-0.39, 0.29) is 0 Å². The third-order valence-corrected chi connectivity index (χ3v) is 11.2. The SMILES string of the molecule is c1ccc(N(c2ccccc2)c2ccc(Oc3ccc(N(c4ccc(N(c5ccccc5)c5ccccc5)cc4)c4ccc(N(c5ccccc5)c5ccccc5)cc4)cc3)cc2)cc1. The van der Waals surface area contributed by atoms with Crippen LogP contribution in [0.1, 0.15) is 0 Å². The maximum atomic E-state index is 6.47. The topological polar surface area (TPSA) is 22.2 Å². The molecule has 0 heterocycles. The highest BCUT2D eigenvalue weighted by Gasteiger charge is 2.19. The molecule has 0 saturated heterocycles. The molecule has 0 amide bonds. The van der Waals surface area contributed by atoms with Crippen molar-refractivity contribution < 1.29 is 4.74 Å². The zero-order chi connectivity index (χ0) is 43.6. The molecular weight excluding hydrogens is 793 g/mol. The van der Waals surface area contributed by atoms with Crippen LogP contribution in [0.3, 0.4) is 0 Å². The Morgan fingerprint density at radius 1 is 0.154 bits per heavy atom. The number of benzene rings is 10. The van der Waals surface area contributed by atoms with E-state index in [2.05, 4.69) is 262 Å². The summed E-state index contributed by atoms with van der Waals surface area (Å²) in [6.45, 7) is 0. The summed E-state index contributed by atoms with van der Waals surface area (Å²) < 4.78 is 6.47. The van der Waals surface area contributed by atoms with E-state index < -0.39 is 0 Å². The summed E-state index contributed by atoms with van der Waals surface area (Å²) in [5.74, 6) is 1.51. The number of ether oxygens (including phenoxy) is 1. The Balaban J connectivity index is 0.973. The highest BCUT2D eigenvalue weighted by molar-refractivity contribution is 5.84. The van der Waals surface area contributed by atoms with E-state index in [1.54, 1.807) is 0 Å². The summed E-state index contributed by atoms with van der Waals surface area (Å²) in [4.78, 5) is 9.10. The molecule has 0 saturated carbocycles. The second kappa shape index (κ2) is 19.1. The van der Waals surface area contributed by atoms with Crippen LogP contribution in [-0.2, 0) is 0 Å². The van der Waals surface area contributed by atoms with Crippen molar-refractivity contribution in [1.82, 2.24) is 0 Å². The molecule has 0 radical (unpaired) electrons. The molecule has 0 aliphatic carbocycles. The summed E-state index contributed by atoms with van der Waals surface area (Å²) in [6.07, 6.45) is 0. The van der Waals surface area contributed by atoms with E-state index in [1.165, 1.54) is 0 Å². The number of para-hydroxylation sites is 6. The largest absolute Gasteiger partial charge is 0.457 e. The second-order valence-electron chi connectivity index (χ2n) is 15.5. The van der Waals surface area contributed by atoms with Gasteiger partial charge in [0.05, 0.1) is 0 Å². The number of hydrogen-bond acceptors (Lipinski definition) is 5. The zero-order valence-corrected chi connectivity index (χ0v) is 35.8. The maximum Gasteiger partial charge on any atom is 0.127 e. The van der Waals surface area contributed by atoms with Crippen molar-refractivity contribution in [2.45, 2.75) is 0 Å². The van der Waals surface area contributed by atoms with Crippen LogP contribution in [0, 0.1) is 0 Å². The monoisotopic (exact) mass is 838 g/mol. The van der Waals surface area contributed by atoms with Gasteiger partial charge in [0.2, 0.25) is 0 Å². The maximum absolute atomic E-state index is 6.47.